The van der Waals surface area contributed by atoms with E-state index in [1.54, 1.807) is 13.8 Å². The van der Waals surface area contributed by atoms with Gasteiger partial charge in [-0.15, -0.1) is 0 Å². The highest BCUT2D eigenvalue weighted by atomic mass is 16.7. The lowest BCUT2D eigenvalue weighted by atomic mass is 10.4. The maximum Gasteiger partial charge on any atom is 0.329 e. The van der Waals surface area contributed by atoms with Crippen molar-refractivity contribution < 1.29 is 14.4 Å². The van der Waals surface area contributed by atoms with Crippen LogP contribution in [0.5, 0.6) is 0 Å². The standard InChI is InChI=1S/C7H13NO3/c1-5(2)8(6(3)9)11-7(4)10/h5H,1-4H3. The number of nitrogens with zero attached hydrogens (tertiary/aromatic N) is 1. The molecule has 0 aliphatic carbocycles. The molecule has 0 spiro atoms. The van der Waals surface area contributed by atoms with Crippen molar-refractivity contribution in [1.29, 1.82) is 0 Å². The van der Waals surface area contributed by atoms with Gasteiger partial charge in [0, 0.05) is 13.8 Å². The third-order valence-electron chi connectivity index (χ3n) is 1.01. The van der Waals surface area contributed by atoms with Crippen molar-refractivity contribution >= 4 is 11.9 Å². The third-order valence-corrected chi connectivity index (χ3v) is 1.01. The smallest absolute Gasteiger partial charge is 0.329 e. The van der Waals surface area contributed by atoms with Crippen LogP contribution in [-0.4, -0.2) is 23.0 Å². The van der Waals surface area contributed by atoms with E-state index < -0.39 is 5.97 Å². The first-order valence-corrected chi connectivity index (χ1v) is 3.43. The van der Waals surface area contributed by atoms with Crippen LogP contribution in [0.15, 0.2) is 0 Å². The molecule has 0 saturated carbocycles. The Labute approximate surface area is 66.1 Å². The summed E-state index contributed by atoms with van der Waals surface area (Å²) in [5.41, 5.74) is 0. The Morgan fingerprint density at radius 1 is 1.27 bits per heavy atom. The number of carbonyl (C=O) groups excluding carboxylic acids is 2. The normalized spacial score (nSPS) is 9.55. The van der Waals surface area contributed by atoms with Crippen molar-refractivity contribution in [3.05, 3.63) is 0 Å². The number of hydroxylamine groups is 2. The zero-order chi connectivity index (χ0) is 9.02. The molecule has 0 aliphatic heterocycles. The molecule has 0 aromatic rings. The van der Waals surface area contributed by atoms with Crippen LogP contribution in [0.2, 0.25) is 0 Å². The molecule has 0 aliphatic rings. The quantitative estimate of drug-likeness (QED) is 0.529. The van der Waals surface area contributed by atoms with E-state index >= 15 is 0 Å². The second-order valence-electron chi connectivity index (χ2n) is 2.52. The predicted octanol–water partition coefficient (Wildman–Crippen LogP) is 0.721. The predicted molar refractivity (Wildman–Crippen MR) is 39.4 cm³/mol. The lowest BCUT2D eigenvalue weighted by Crippen LogP contribution is -2.36. The van der Waals surface area contributed by atoms with Crippen LogP contribution in [0.25, 0.3) is 0 Å². The Balaban J connectivity index is 4.12. The van der Waals surface area contributed by atoms with Gasteiger partial charge in [0.05, 0.1) is 6.04 Å². The lowest BCUT2D eigenvalue weighted by molar-refractivity contribution is -0.201. The summed E-state index contributed by atoms with van der Waals surface area (Å²) in [6, 6.07) is -0.114. The van der Waals surface area contributed by atoms with Gasteiger partial charge < -0.3 is 4.84 Å². The highest BCUT2D eigenvalue weighted by Crippen LogP contribution is 1.99. The highest BCUT2D eigenvalue weighted by molar-refractivity contribution is 5.75. The largest absolute Gasteiger partial charge is 0.338 e. The minimum atomic E-state index is -0.478. The third kappa shape index (κ3) is 3.60. The number of hydrogen-bond donors (Lipinski definition) is 0. The van der Waals surface area contributed by atoms with E-state index in [1.807, 2.05) is 0 Å². The Kier molecular flexibility index (Phi) is 3.57. The molecule has 0 aromatic heterocycles. The molecule has 0 aromatic carbocycles. The van der Waals surface area contributed by atoms with E-state index in [0.717, 1.165) is 5.06 Å². The van der Waals surface area contributed by atoms with Crippen LogP contribution in [0.4, 0.5) is 0 Å². The van der Waals surface area contributed by atoms with Crippen molar-refractivity contribution in [3.8, 4) is 0 Å². The van der Waals surface area contributed by atoms with Crippen molar-refractivity contribution in [2.45, 2.75) is 33.7 Å². The first kappa shape index (κ1) is 9.94. The monoisotopic (exact) mass is 159 g/mol. The maximum atomic E-state index is 10.8. The Hall–Kier alpha value is -1.06. The second-order valence-corrected chi connectivity index (χ2v) is 2.52. The molecular formula is C7H13NO3. The first-order chi connectivity index (χ1) is 4.95. The highest BCUT2D eigenvalue weighted by Gasteiger charge is 2.15. The van der Waals surface area contributed by atoms with E-state index in [1.165, 1.54) is 13.8 Å². The van der Waals surface area contributed by atoms with Crippen molar-refractivity contribution in [2.24, 2.45) is 0 Å². The van der Waals surface area contributed by atoms with E-state index in [9.17, 15) is 9.59 Å². The number of hydrogen-bond acceptors (Lipinski definition) is 3. The molecule has 0 atom stereocenters. The van der Waals surface area contributed by atoms with Gasteiger partial charge in [-0.05, 0) is 13.8 Å². The summed E-state index contributed by atoms with van der Waals surface area (Å²) in [5, 5.41) is 1.04. The zero-order valence-corrected chi connectivity index (χ0v) is 7.25. The minimum absolute atomic E-state index is 0.114. The fourth-order valence-electron chi connectivity index (χ4n) is 0.672. The van der Waals surface area contributed by atoms with Gasteiger partial charge in [-0.3, -0.25) is 9.59 Å². The molecule has 11 heavy (non-hydrogen) atoms. The number of amides is 1. The van der Waals surface area contributed by atoms with E-state index in [2.05, 4.69) is 4.84 Å². The van der Waals surface area contributed by atoms with Crippen molar-refractivity contribution in [2.75, 3.05) is 0 Å². The molecule has 1 amide bonds. The fraction of sp³-hybridized carbons (Fsp3) is 0.714. The van der Waals surface area contributed by atoms with Gasteiger partial charge >= 0.3 is 5.97 Å². The summed E-state index contributed by atoms with van der Waals surface area (Å²) in [7, 11) is 0. The van der Waals surface area contributed by atoms with Crippen LogP contribution in [-0.2, 0) is 14.4 Å². The molecule has 64 valence electrons. The lowest BCUT2D eigenvalue weighted by Gasteiger charge is -2.22. The van der Waals surface area contributed by atoms with E-state index in [4.69, 9.17) is 0 Å². The zero-order valence-electron chi connectivity index (χ0n) is 7.25. The summed E-state index contributed by atoms with van der Waals surface area (Å²) < 4.78 is 0. The fourth-order valence-corrected chi connectivity index (χ4v) is 0.672. The van der Waals surface area contributed by atoms with Crippen LogP contribution in [0.1, 0.15) is 27.7 Å². The molecule has 4 nitrogen and oxygen atoms in total. The van der Waals surface area contributed by atoms with Crippen LogP contribution >= 0.6 is 0 Å². The Morgan fingerprint density at radius 3 is 1.82 bits per heavy atom. The molecule has 0 rings (SSSR count). The van der Waals surface area contributed by atoms with Gasteiger partial charge in [0.2, 0.25) is 0 Å². The maximum absolute atomic E-state index is 10.8. The molecule has 0 heterocycles. The molecule has 4 heteroatoms. The molecule has 0 bridgehead atoms. The topological polar surface area (TPSA) is 46.6 Å². The second kappa shape index (κ2) is 3.95. The molecule has 0 radical (unpaired) electrons. The SMILES string of the molecule is CC(=O)ON(C(C)=O)C(C)C. The van der Waals surface area contributed by atoms with Gasteiger partial charge in [0.25, 0.3) is 5.91 Å². The van der Waals surface area contributed by atoms with Gasteiger partial charge in [-0.25, -0.2) is 0 Å². The van der Waals surface area contributed by atoms with E-state index in [0.29, 0.717) is 0 Å². The molecular weight excluding hydrogens is 146 g/mol. The summed E-state index contributed by atoms with van der Waals surface area (Å²) >= 11 is 0. The summed E-state index contributed by atoms with van der Waals surface area (Å²) in [6.45, 7) is 6.15. The van der Waals surface area contributed by atoms with Crippen LogP contribution < -0.4 is 0 Å². The number of rotatable bonds is 1. The van der Waals surface area contributed by atoms with Gasteiger partial charge in [-0.2, -0.15) is 5.06 Å². The van der Waals surface area contributed by atoms with Crippen molar-refractivity contribution in [1.82, 2.24) is 5.06 Å². The Bertz CT molecular complexity index is 165. The summed E-state index contributed by atoms with van der Waals surface area (Å²) in [4.78, 5) is 25.8. The molecule has 0 fully saturated rings. The van der Waals surface area contributed by atoms with Crippen molar-refractivity contribution in [3.63, 3.8) is 0 Å². The number of carbonyl (C=O) groups is 2. The Morgan fingerprint density at radius 2 is 1.73 bits per heavy atom. The van der Waals surface area contributed by atoms with Crippen LogP contribution in [0, 0.1) is 0 Å². The average Bonchev–Trinajstić information content (AvgIpc) is 1.81. The first-order valence-electron chi connectivity index (χ1n) is 3.43. The van der Waals surface area contributed by atoms with Gasteiger partial charge in [0.15, 0.2) is 0 Å². The minimum Gasteiger partial charge on any atom is -0.338 e. The summed E-state index contributed by atoms with van der Waals surface area (Å²) in [5.74, 6) is -0.746. The average molecular weight is 159 g/mol. The van der Waals surface area contributed by atoms with Gasteiger partial charge in [-0.1, -0.05) is 0 Å². The molecule has 0 N–H and O–H groups in total. The summed E-state index contributed by atoms with van der Waals surface area (Å²) in [6.07, 6.45) is 0. The van der Waals surface area contributed by atoms with Gasteiger partial charge in [0.1, 0.15) is 0 Å². The molecule has 0 unspecified atom stereocenters. The molecule has 0 saturated heterocycles. The van der Waals surface area contributed by atoms with Crippen LogP contribution in [0.3, 0.4) is 0 Å². The van der Waals surface area contributed by atoms with E-state index in [-0.39, 0.29) is 11.9 Å².